The average molecular weight is 290 g/mol. The number of carbonyl (C=O) groups is 1. The summed E-state index contributed by atoms with van der Waals surface area (Å²) in [5.41, 5.74) is 1.43. The number of rotatable bonds is 4. The van der Waals surface area contributed by atoms with E-state index in [9.17, 15) is 9.59 Å². The third-order valence-corrected chi connectivity index (χ3v) is 3.63. The molecular formula is C16H16ClNO2. The van der Waals surface area contributed by atoms with Crippen LogP contribution < -0.4 is 5.56 Å². The van der Waals surface area contributed by atoms with E-state index in [0.29, 0.717) is 0 Å². The number of carbonyl (C=O) groups excluding carboxylic acids is 1. The summed E-state index contributed by atoms with van der Waals surface area (Å²) in [6.07, 6.45) is 0.791. The first kappa shape index (κ1) is 14.5. The van der Waals surface area contributed by atoms with E-state index in [2.05, 4.69) is 0 Å². The number of hydrogen-bond donors (Lipinski definition) is 0. The molecule has 3 nitrogen and oxygen atoms in total. The van der Waals surface area contributed by atoms with Gasteiger partial charge < -0.3 is 4.57 Å². The summed E-state index contributed by atoms with van der Waals surface area (Å²) in [6.45, 7) is 3.96. The van der Waals surface area contributed by atoms with Gasteiger partial charge in [0.15, 0.2) is 0 Å². The lowest BCUT2D eigenvalue weighted by Crippen LogP contribution is -2.28. The van der Waals surface area contributed by atoms with Crippen LogP contribution in [0.3, 0.4) is 0 Å². The van der Waals surface area contributed by atoms with E-state index >= 15 is 0 Å². The van der Waals surface area contributed by atoms with Gasteiger partial charge in [0.1, 0.15) is 0 Å². The molecule has 0 spiro atoms. The monoisotopic (exact) mass is 289 g/mol. The number of nitrogens with zero attached hydrogens (tertiary/aromatic N) is 1. The Kier molecular flexibility index (Phi) is 4.40. The summed E-state index contributed by atoms with van der Waals surface area (Å²) in [6, 6.07) is 12.9. The highest BCUT2D eigenvalue weighted by molar-refractivity contribution is 6.67. The lowest BCUT2D eigenvalue weighted by atomic mass is 10.1. The SMILES string of the molecule is CCC(C)n1c(-c2ccccc2)ccc(C(=O)Cl)c1=O. The molecule has 104 valence electrons. The number of pyridine rings is 1. The van der Waals surface area contributed by atoms with Gasteiger partial charge >= 0.3 is 0 Å². The largest absolute Gasteiger partial charge is 0.305 e. The molecule has 0 saturated heterocycles. The normalized spacial score (nSPS) is 12.2. The fourth-order valence-electron chi connectivity index (χ4n) is 2.17. The average Bonchev–Trinajstić information content (AvgIpc) is 2.46. The highest BCUT2D eigenvalue weighted by atomic mass is 35.5. The van der Waals surface area contributed by atoms with Crippen LogP contribution in [0.4, 0.5) is 0 Å². The smallest absolute Gasteiger partial charge is 0.263 e. The Balaban J connectivity index is 2.73. The second-order valence-electron chi connectivity index (χ2n) is 4.70. The Hall–Kier alpha value is -1.87. The van der Waals surface area contributed by atoms with Gasteiger partial charge in [0, 0.05) is 6.04 Å². The van der Waals surface area contributed by atoms with Crippen LogP contribution in [0.25, 0.3) is 11.3 Å². The lowest BCUT2D eigenvalue weighted by Gasteiger charge is -2.19. The molecule has 1 heterocycles. The third-order valence-electron chi connectivity index (χ3n) is 3.43. The first-order chi connectivity index (χ1) is 9.56. The van der Waals surface area contributed by atoms with E-state index in [4.69, 9.17) is 11.6 Å². The Morgan fingerprint density at radius 2 is 1.85 bits per heavy atom. The van der Waals surface area contributed by atoms with E-state index < -0.39 is 5.24 Å². The van der Waals surface area contributed by atoms with E-state index in [-0.39, 0.29) is 17.2 Å². The molecule has 0 radical (unpaired) electrons. The molecule has 0 aliphatic rings. The Morgan fingerprint density at radius 3 is 2.40 bits per heavy atom. The highest BCUT2D eigenvalue weighted by Crippen LogP contribution is 2.22. The van der Waals surface area contributed by atoms with Gasteiger partial charge in [-0.05, 0) is 42.6 Å². The molecule has 2 rings (SSSR count). The minimum Gasteiger partial charge on any atom is -0.305 e. The minimum absolute atomic E-state index is 0.00586. The first-order valence-corrected chi connectivity index (χ1v) is 6.94. The molecule has 0 fully saturated rings. The molecule has 4 heteroatoms. The standard InChI is InChI=1S/C16H16ClNO2/c1-3-11(2)18-14(12-7-5-4-6-8-12)10-9-13(15(17)19)16(18)20/h4-11H,3H2,1-2H3. The number of halogens is 1. The minimum atomic E-state index is -0.716. The van der Waals surface area contributed by atoms with Crippen molar-refractivity contribution in [2.75, 3.05) is 0 Å². The lowest BCUT2D eigenvalue weighted by molar-refractivity contribution is 0.107. The van der Waals surface area contributed by atoms with Gasteiger partial charge in [-0.25, -0.2) is 0 Å². The van der Waals surface area contributed by atoms with Crippen molar-refractivity contribution >= 4 is 16.8 Å². The van der Waals surface area contributed by atoms with Crippen LogP contribution in [0.5, 0.6) is 0 Å². The van der Waals surface area contributed by atoms with Crippen LogP contribution in [-0.4, -0.2) is 9.81 Å². The summed E-state index contributed by atoms with van der Waals surface area (Å²) in [5.74, 6) is 0. The van der Waals surface area contributed by atoms with E-state index in [0.717, 1.165) is 17.7 Å². The maximum absolute atomic E-state index is 12.5. The van der Waals surface area contributed by atoms with Crippen LogP contribution in [0.2, 0.25) is 0 Å². The summed E-state index contributed by atoms with van der Waals surface area (Å²) >= 11 is 5.47. The highest BCUT2D eigenvalue weighted by Gasteiger charge is 2.17. The predicted octanol–water partition coefficient (Wildman–Crippen LogP) is 3.87. The van der Waals surface area contributed by atoms with Crippen molar-refractivity contribution in [3.05, 3.63) is 58.4 Å². The van der Waals surface area contributed by atoms with Crippen molar-refractivity contribution in [3.8, 4) is 11.3 Å². The van der Waals surface area contributed by atoms with Gasteiger partial charge in [-0.1, -0.05) is 37.3 Å². The Labute approximate surface area is 122 Å². The topological polar surface area (TPSA) is 39.1 Å². The molecule has 0 saturated carbocycles. The zero-order valence-electron chi connectivity index (χ0n) is 11.5. The summed E-state index contributed by atoms with van der Waals surface area (Å²) in [7, 11) is 0. The van der Waals surface area contributed by atoms with Crippen molar-refractivity contribution < 1.29 is 4.79 Å². The quantitative estimate of drug-likeness (QED) is 0.802. The number of benzene rings is 1. The maximum atomic E-state index is 12.5. The van der Waals surface area contributed by atoms with Crippen LogP contribution in [-0.2, 0) is 0 Å². The fraction of sp³-hybridized carbons (Fsp3) is 0.250. The van der Waals surface area contributed by atoms with Crippen LogP contribution >= 0.6 is 11.6 Å². The zero-order valence-corrected chi connectivity index (χ0v) is 12.2. The van der Waals surface area contributed by atoms with Crippen LogP contribution in [0.1, 0.15) is 36.7 Å². The summed E-state index contributed by atoms with van der Waals surface area (Å²) in [4.78, 5) is 23.8. The molecule has 2 aromatic rings. The second-order valence-corrected chi connectivity index (χ2v) is 5.05. The summed E-state index contributed by atoms with van der Waals surface area (Å²) in [5, 5.41) is -0.716. The van der Waals surface area contributed by atoms with Gasteiger partial charge in [-0.3, -0.25) is 9.59 Å². The van der Waals surface area contributed by atoms with Crippen LogP contribution in [0.15, 0.2) is 47.3 Å². The van der Waals surface area contributed by atoms with Crippen LogP contribution in [0, 0.1) is 0 Å². The van der Waals surface area contributed by atoms with Gasteiger partial charge in [0.05, 0.1) is 11.3 Å². The van der Waals surface area contributed by atoms with Crippen molar-refractivity contribution in [2.45, 2.75) is 26.3 Å². The summed E-state index contributed by atoms with van der Waals surface area (Å²) < 4.78 is 1.64. The molecule has 1 atom stereocenters. The molecule has 0 N–H and O–H groups in total. The molecule has 0 bridgehead atoms. The maximum Gasteiger partial charge on any atom is 0.263 e. The van der Waals surface area contributed by atoms with E-state index in [1.165, 1.54) is 6.07 Å². The second kappa shape index (κ2) is 6.06. The molecule has 0 amide bonds. The van der Waals surface area contributed by atoms with E-state index in [1.807, 2.05) is 44.2 Å². The molecule has 1 aromatic heterocycles. The van der Waals surface area contributed by atoms with Gasteiger partial charge in [0.2, 0.25) is 0 Å². The molecule has 0 aliphatic heterocycles. The van der Waals surface area contributed by atoms with E-state index in [1.54, 1.807) is 10.6 Å². The van der Waals surface area contributed by atoms with Crippen molar-refractivity contribution in [3.63, 3.8) is 0 Å². The van der Waals surface area contributed by atoms with Gasteiger partial charge in [-0.15, -0.1) is 0 Å². The van der Waals surface area contributed by atoms with Crippen molar-refractivity contribution in [2.24, 2.45) is 0 Å². The van der Waals surface area contributed by atoms with Crippen molar-refractivity contribution in [1.82, 2.24) is 4.57 Å². The molecular weight excluding hydrogens is 274 g/mol. The number of hydrogen-bond acceptors (Lipinski definition) is 2. The third kappa shape index (κ3) is 2.68. The Bertz CT molecular complexity index is 677. The Morgan fingerprint density at radius 1 is 1.20 bits per heavy atom. The predicted molar refractivity (Wildman–Crippen MR) is 81.3 cm³/mol. The number of aromatic nitrogens is 1. The van der Waals surface area contributed by atoms with Gasteiger partial charge in [0.25, 0.3) is 10.8 Å². The molecule has 20 heavy (non-hydrogen) atoms. The molecule has 1 aromatic carbocycles. The van der Waals surface area contributed by atoms with Gasteiger partial charge in [-0.2, -0.15) is 0 Å². The molecule has 0 aliphatic carbocycles. The first-order valence-electron chi connectivity index (χ1n) is 6.57. The van der Waals surface area contributed by atoms with Crippen molar-refractivity contribution in [1.29, 1.82) is 0 Å². The zero-order chi connectivity index (χ0) is 14.7. The fourth-order valence-corrected chi connectivity index (χ4v) is 2.31. The molecule has 1 unspecified atom stereocenters.